The number of hydrogen-bond donors (Lipinski definition) is 3. The van der Waals surface area contributed by atoms with Crippen molar-refractivity contribution in [3.8, 4) is 0 Å². The lowest BCUT2D eigenvalue weighted by Gasteiger charge is -2.19. The molecule has 0 saturated heterocycles. The third-order valence-electron chi connectivity index (χ3n) is 2.21. The third kappa shape index (κ3) is 11.6. The van der Waals surface area contributed by atoms with Crippen LogP contribution in [0.1, 0.15) is 47.5 Å². The Morgan fingerprint density at radius 2 is 1.75 bits per heavy atom. The molecule has 0 unspecified atom stereocenters. The Labute approximate surface area is 122 Å². The fourth-order valence-corrected chi connectivity index (χ4v) is 1.35. The zero-order valence-corrected chi connectivity index (χ0v) is 13.5. The van der Waals surface area contributed by atoms with Gasteiger partial charge >= 0.3 is 6.09 Å². The summed E-state index contributed by atoms with van der Waals surface area (Å²) in [4.78, 5) is 15.9. The molecule has 3 N–H and O–H groups in total. The van der Waals surface area contributed by atoms with Crippen molar-refractivity contribution < 1.29 is 9.53 Å². The molecule has 0 aliphatic carbocycles. The molecule has 20 heavy (non-hydrogen) atoms. The van der Waals surface area contributed by atoms with Crippen molar-refractivity contribution >= 4 is 12.1 Å². The molecule has 0 bridgehead atoms. The Morgan fingerprint density at radius 3 is 2.30 bits per heavy atom. The van der Waals surface area contributed by atoms with Gasteiger partial charge in [-0.3, -0.25) is 4.99 Å². The third-order valence-corrected chi connectivity index (χ3v) is 2.21. The summed E-state index contributed by atoms with van der Waals surface area (Å²) in [6, 6.07) is 0. The van der Waals surface area contributed by atoms with Gasteiger partial charge in [0.15, 0.2) is 5.96 Å². The van der Waals surface area contributed by atoms with Crippen LogP contribution in [0, 0.1) is 0 Å². The maximum Gasteiger partial charge on any atom is 0.407 e. The summed E-state index contributed by atoms with van der Waals surface area (Å²) in [6.07, 6.45) is 1.81. The highest BCUT2D eigenvalue weighted by Gasteiger charge is 2.15. The molecule has 0 rings (SSSR count). The lowest BCUT2D eigenvalue weighted by molar-refractivity contribution is 0.0529. The summed E-state index contributed by atoms with van der Waals surface area (Å²) < 4.78 is 5.15. The van der Waals surface area contributed by atoms with E-state index in [9.17, 15) is 4.79 Å². The molecule has 6 nitrogen and oxygen atoms in total. The number of nitrogens with one attached hydrogen (secondary N) is 3. The molecule has 118 valence electrons. The smallest absolute Gasteiger partial charge is 0.407 e. The van der Waals surface area contributed by atoms with E-state index < -0.39 is 11.7 Å². The van der Waals surface area contributed by atoms with Gasteiger partial charge in [-0.1, -0.05) is 13.3 Å². The molecular weight excluding hydrogens is 256 g/mol. The molecule has 0 spiro atoms. The minimum absolute atomic E-state index is 0.396. The average molecular weight is 286 g/mol. The van der Waals surface area contributed by atoms with Gasteiger partial charge in [0.2, 0.25) is 0 Å². The van der Waals surface area contributed by atoms with Crippen LogP contribution in [0.15, 0.2) is 4.99 Å². The van der Waals surface area contributed by atoms with Gasteiger partial charge in [0, 0.05) is 26.2 Å². The quantitative estimate of drug-likeness (QED) is 0.379. The summed E-state index contributed by atoms with van der Waals surface area (Å²) in [5.41, 5.74) is -0.464. The van der Waals surface area contributed by atoms with Crippen LogP contribution in [0.4, 0.5) is 4.79 Å². The SMILES string of the molecule is CCCCN=C(NCC)NCCNC(=O)OC(C)(C)C. The molecular formula is C14H30N4O2. The highest BCUT2D eigenvalue weighted by molar-refractivity contribution is 5.79. The van der Waals surface area contributed by atoms with Gasteiger partial charge in [0.1, 0.15) is 5.60 Å². The first-order valence-corrected chi connectivity index (χ1v) is 7.38. The molecule has 0 aromatic rings. The lowest BCUT2D eigenvalue weighted by atomic mass is 10.2. The Bertz CT molecular complexity index is 298. The minimum Gasteiger partial charge on any atom is -0.444 e. The number of guanidine groups is 1. The number of carbonyl (C=O) groups excluding carboxylic acids is 1. The van der Waals surface area contributed by atoms with Crippen molar-refractivity contribution in [2.75, 3.05) is 26.2 Å². The average Bonchev–Trinajstić information content (AvgIpc) is 2.32. The predicted molar refractivity (Wildman–Crippen MR) is 83.1 cm³/mol. The Hall–Kier alpha value is -1.46. The number of nitrogens with zero attached hydrogens (tertiary/aromatic N) is 1. The minimum atomic E-state index is -0.464. The van der Waals surface area contributed by atoms with E-state index in [4.69, 9.17) is 4.74 Å². The summed E-state index contributed by atoms with van der Waals surface area (Å²) in [5.74, 6) is 0.784. The Balaban J connectivity index is 3.88. The molecule has 0 fully saturated rings. The van der Waals surface area contributed by atoms with Crippen molar-refractivity contribution in [1.82, 2.24) is 16.0 Å². The Morgan fingerprint density at radius 1 is 1.10 bits per heavy atom. The first-order chi connectivity index (χ1) is 9.39. The van der Waals surface area contributed by atoms with Gasteiger partial charge in [-0.05, 0) is 34.1 Å². The van der Waals surface area contributed by atoms with E-state index in [0.29, 0.717) is 13.1 Å². The van der Waals surface area contributed by atoms with Crippen molar-refractivity contribution in [3.05, 3.63) is 0 Å². The van der Waals surface area contributed by atoms with Crippen LogP contribution in [0.3, 0.4) is 0 Å². The van der Waals surface area contributed by atoms with Gasteiger partial charge in [-0.2, -0.15) is 0 Å². The van der Waals surface area contributed by atoms with E-state index >= 15 is 0 Å². The van der Waals surface area contributed by atoms with E-state index in [-0.39, 0.29) is 0 Å². The van der Waals surface area contributed by atoms with Crippen LogP contribution in [0.5, 0.6) is 0 Å². The maximum atomic E-state index is 11.4. The number of unbranched alkanes of at least 4 members (excludes halogenated alkanes) is 1. The molecule has 0 atom stereocenters. The number of amides is 1. The molecule has 0 heterocycles. The molecule has 6 heteroatoms. The maximum absolute atomic E-state index is 11.4. The summed E-state index contributed by atoms with van der Waals surface area (Å²) >= 11 is 0. The highest BCUT2D eigenvalue weighted by atomic mass is 16.6. The van der Waals surface area contributed by atoms with Crippen LogP contribution >= 0.6 is 0 Å². The Kier molecular flexibility index (Phi) is 9.59. The fourth-order valence-electron chi connectivity index (χ4n) is 1.35. The summed E-state index contributed by atoms with van der Waals surface area (Å²) in [7, 11) is 0. The summed E-state index contributed by atoms with van der Waals surface area (Å²) in [6.45, 7) is 12.4. The second-order valence-corrected chi connectivity index (χ2v) is 5.47. The molecule has 0 saturated carbocycles. The number of ether oxygens (including phenoxy) is 1. The van der Waals surface area contributed by atoms with Gasteiger partial charge in [-0.25, -0.2) is 4.79 Å². The van der Waals surface area contributed by atoms with Crippen LogP contribution in [0.2, 0.25) is 0 Å². The van der Waals surface area contributed by atoms with Gasteiger partial charge < -0.3 is 20.7 Å². The second kappa shape index (κ2) is 10.3. The van der Waals surface area contributed by atoms with Gasteiger partial charge in [0.05, 0.1) is 0 Å². The molecule has 0 aliphatic heterocycles. The van der Waals surface area contributed by atoms with Crippen LogP contribution in [-0.4, -0.2) is 43.8 Å². The molecule has 0 aromatic carbocycles. The van der Waals surface area contributed by atoms with E-state index in [1.807, 2.05) is 27.7 Å². The van der Waals surface area contributed by atoms with Crippen molar-refractivity contribution in [3.63, 3.8) is 0 Å². The van der Waals surface area contributed by atoms with Crippen LogP contribution in [-0.2, 0) is 4.74 Å². The van der Waals surface area contributed by atoms with E-state index in [2.05, 4.69) is 27.9 Å². The van der Waals surface area contributed by atoms with Gasteiger partial charge in [-0.15, -0.1) is 0 Å². The standard InChI is InChI=1S/C14H30N4O2/c1-6-8-9-16-12(15-7-2)17-10-11-18-13(19)20-14(3,4)5/h6-11H2,1-5H3,(H,18,19)(H2,15,16,17). The zero-order chi connectivity index (χ0) is 15.4. The van der Waals surface area contributed by atoms with Crippen LogP contribution in [0.25, 0.3) is 0 Å². The summed E-state index contributed by atoms with van der Waals surface area (Å²) in [5, 5.41) is 9.03. The predicted octanol–water partition coefficient (Wildman–Crippen LogP) is 1.87. The number of rotatable bonds is 7. The largest absolute Gasteiger partial charge is 0.444 e. The molecule has 0 aromatic heterocycles. The van der Waals surface area contributed by atoms with Crippen molar-refractivity contribution in [2.24, 2.45) is 4.99 Å². The molecule has 0 aliphatic rings. The van der Waals surface area contributed by atoms with E-state index in [1.54, 1.807) is 0 Å². The van der Waals surface area contributed by atoms with Gasteiger partial charge in [0.25, 0.3) is 0 Å². The molecule has 1 amide bonds. The normalized spacial score (nSPS) is 11.9. The zero-order valence-electron chi connectivity index (χ0n) is 13.5. The van der Waals surface area contributed by atoms with E-state index in [0.717, 1.165) is 31.9 Å². The second-order valence-electron chi connectivity index (χ2n) is 5.47. The number of alkyl carbamates (subject to hydrolysis) is 1. The lowest BCUT2D eigenvalue weighted by Crippen LogP contribution is -2.42. The van der Waals surface area contributed by atoms with Crippen LogP contribution < -0.4 is 16.0 Å². The van der Waals surface area contributed by atoms with E-state index in [1.165, 1.54) is 0 Å². The molecule has 0 radical (unpaired) electrons. The topological polar surface area (TPSA) is 74.8 Å². The number of aliphatic imine (C=N–C) groups is 1. The fraction of sp³-hybridized carbons (Fsp3) is 0.857. The number of carbonyl (C=O) groups is 1. The first kappa shape index (κ1) is 18.5. The highest BCUT2D eigenvalue weighted by Crippen LogP contribution is 2.05. The van der Waals surface area contributed by atoms with Crippen molar-refractivity contribution in [2.45, 2.75) is 53.1 Å². The number of hydrogen-bond acceptors (Lipinski definition) is 3. The van der Waals surface area contributed by atoms with Crippen molar-refractivity contribution in [1.29, 1.82) is 0 Å². The monoisotopic (exact) mass is 286 g/mol. The first-order valence-electron chi connectivity index (χ1n) is 7.38.